The Morgan fingerprint density at radius 2 is 1.79 bits per heavy atom. The first-order valence-electron chi connectivity index (χ1n) is 10.4. The Hall–Kier alpha value is -2.28. The van der Waals surface area contributed by atoms with E-state index in [0.29, 0.717) is 26.2 Å². The molecule has 1 aromatic rings. The van der Waals surface area contributed by atoms with Gasteiger partial charge in [0, 0.05) is 19.6 Å². The van der Waals surface area contributed by atoms with E-state index in [1.165, 1.54) is 0 Å². The Labute approximate surface area is 175 Å². The highest BCUT2D eigenvalue weighted by molar-refractivity contribution is 5.79. The fourth-order valence-corrected chi connectivity index (χ4v) is 2.39. The standard InChI is InChI=1S/C22H38N4O3/c1-7-23-20(24-12-9-13-25-21(27)29-22(4,5)6)26-15-18-10-8-11-19(14-18)16-28-17(2)3/h8,10-11,14,17H,7,9,12-13,15-16H2,1-6H3,(H,25,27)(H2,23,24,26). The van der Waals surface area contributed by atoms with Crippen molar-refractivity contribution < 1.29 is 14.3 Å². The van der Waals surface area contributed by atoms with Gasteiger partial charge >= 0.3 is 6.09 Å². The number of hydrogen-bond donors (Lipinski definition) is 3. The minimum Gasteiger partial charge on any atom is -0.444 e. The van der Waals surface area contributed by atoms with Gasteiger partial charge in [0.2, 0.25) is 0 Å². The molecule has 0 aliphatic carbocycles. The second-order valence-corrected chi connectivity index (χ2v) is 8.08. The molecule has 7 heteroatoms. The first kappa shape index (κ1) is 24.8. The number of carbonyl (C=O) groups is 1. The molecule has 0 saturated heterocycles. The van der Waals surface area contributed by atoms with E-state index in [1.54, 1.807) is 0 Å². The summed E-state index contributed by atoms with van der Waals surface area (Å²) in [6.07, 6.45) is 0.594. The molecule has 3 N–H and O–H groups in total. The van der Waals surface area contributed by atoms with Crippen LogP contribution in [-0.4, -0.2) is 43.4 Å². The van der Waals surface area contributed by atoms with E-state index in [2.05, 4.69) is 39.1 Å². The summed E-state index contributed by atoms with van der Waals surface area (Å²) in [7, 11) is 0. The summed E-state index contributed by atoms with van der Waals surface area (Å²) in [6.45, 7) is 14.9. The predicted octanol–water partition coefficient (Wildman–Crippen LogP) is 3.58. The maximum Gasteiger partial charge on any atom is 0.407 e. The third-order valence-electron chi connectivity index (χ3n) is 3.65. The number of aliphatic imine (C=N–C) groups is 1. The van der Waals surface area contributed by atoms with Gasteiger partial charge < -0.3 is 25.4 Å². The molecule has 0 fully saturated rings. The summed E-state index contributed by atoms with van der Waals surface area (Å²) in [6, 6.07) is 8.29. The van der Waals surface area contributed by atoms with E-state index in [4.69, 9.17) is 9.47 Å². The number of nitrogens with zero attached hydrogens (tertiary/aromatic N) is 1. The number of guanidine groups is 1. The van der Waals surface area contributed by atoms with Crippen LogP contribution < -0.4 is 16.0 Å². The lowest BCUT2D eigenvalue weighted by Crippen LogP contribution is -2.39. The topological polar surface area (TPSA) is 84.0 Å². The van der Waals surface area contributed by atoms with Gasteiger partial charge in [-0.1, -0.05) is 24.3 Å². The number of rotatable bonds is 10. The number of hydrogen-bond acceptors (Lipinski definition) is 4. The number of amides is 1. The minimum absolute atomic E-state index is 0.214. The molecular weight excluding hydrogens is 368 g/mol. The number of nitrogens with one attached hydrogen (secondary N) is 3. The summed E-state index contributed by atoms with van der Waals surface area (Å²) >= 11 is 0. The van der Waals surface area contributed by atoms with Crippen molar-refractivity contribution in [3.63, 3.8) is 0 Å². The lowest BCUT2D eigenvalue weighted by atomic mass is 10.1. The normalized spacial score (nSPS) is 12.0. The van der Waals surface area contributed by atoms with E-state index < -0.39 is 5.60 Å². The number of alkyl carbamates (subject to hydrolysis) is 1. The smallest absolute Gasteiger partial charge is 0.407 e. The van der Waals surface area contributed by atoms with Gasteiger partial charge in [0.25, 0.3) is 0 Å². The molecule has 0 spiro atoms. The Balaban J connectivity index is 2.43. The lowest BCUT2D eigenvalue weighted by Gasteiger charge is -2.19. The van der Waals surface area contributed by atoms with Crippen LogP contribution >= 0.6 is 0 Å². The maximum absolute atomic E-state index is 11.6. The van der Waals surface area contributed by atoms with Crippen molar-refractivity contribution in [1.29, 1.82) is 0 Å². The van der Waals surface area contributed by atoms with Crippen molar-refractivity contribution >= 4 is 12.1 Å². The van der Waals surface area contributed by atoms with Gasteiger partial charge in [-0.15, -0.1) is 0 Å². The molecule has 0 saturated carbocycles. The molecule has 1 amide bonds. The highest BCUT2D eigenvalue weighted by atomic mass is 16.6. The lowest BCUT2D eigenvalue weighted by molar-refractivity contribution is 0.0527. The van der Waals surface area contributed by atoms with Crippen LogP contribution in [0.3, 0.4) is 0 Å². The zero-order valence-corrected chi connectivity index (χ0v) is 18.8. The molecule has 7 nitrogen and oxygen atoms in total. The molecule has 1 rings (SSSR count). The second-order valence-electron chi connectivity index (χ2n) is 8.08. The summed E-state index contributed by atoms with van der Waals surface area (Å²) in [4.78, 5) is 16.3. The molecule has 0 aromatic heterocycles. The van der Waals surface area contributed by atoms with Crippen LogP contribution in [0.4, 0.5) is 4.79 Å². The van der Waals surface area contributed by atoms with E-state index >= 15 is 0 Å². The van der Waals surface area contributed by atoms with E-state index in [-0.39, 0.29) is 12.2 Å². The summed E-state index contributed by atoms with van der Waals surface area (Å²) in [5, 5.41) is 9.29. The predicted molar refractivity (Wildman–Crippen MR) is 118 cm³/mol. The van der Waals surface area contributed by atoms with E-state index in [9.17, 15) is 4.79 Å². The van der Waals surface area contributed by atoms with Crippen molar-refractivity contribution in [2.45, 2.75) is 72.8 Å². The summed E-state index contributed by atoms with van der Waals surface area (Å²) < 4.78 is 10.9. The van der Waals surface area contributed by atoms with Crippen LogP contribution in [0.1, 0.15) is 59.1 Å². The molecule has 1 aromatic carbocycles. The Bertz CT molecular complexity index is 639. The first-order chi connectivity index (χ1) is 13.7. The fraction of sp³-hybridized carbons (Fsp3) is 0.636. The molecule has 0 bridgehead atoms. The average molecular weight is 407 g/mol. The van der Waals surface area contributed by atoms with Crippen molar-refractivity contribution in [3.8, 4) is 0 Å². The van der Waals surface area contributed by atoms with Crippen LogP contribution in [-0.2, 0) is 22.6 Å². The molecule has 0 aliphatic heterocycles. The van der Waals surface area contributed by atoms with Crippen molar-refractivity contribution in [2.75, 3.05) is 19.6 Å². The quantitative estimate of drug-likeness (QED) is 0.314. The van der Waals surface area contributed by atoms with Gasteiger partial charge in [-0.05, 0) is 59.1 Å². The van der Waals surface area contributed by atoms with Gasteiger partial charge in [0.05, 0.1) is 19.3 Å². The maximum atomic E-state index is 11.6. The number of carbonyl (C=O) groups excluding carboxylic acids is 1. The van der Waals surface area contributed by atoms with Crippen LogP contribution in [0, 0.1) is 0 Å². The third kappa shape index (κ3) is 12.7. The Morgan fingerprint density at radius 3 is 2.45 bits per heavy atom. The third-order valence-corrected chi connectivity index (χ3v) is 3.65. The van der Waals surface area contributed by atoms with E-state index in [0.717, 1.165) is 30.1 Å². The highest BCUT2D eigenvalue weighted by Crippen LogP contribution is 2.09. The minimum atomic E-state index is -0.481. The zero-order chi connectivity index (χ0) is 21.7. The molecule has 0 unspecified atom stereocenters. The van der Waals surface area contributed by atoms with Crippen LogP contribution in [0.25, 0.3) is 0 Å². The Kier molecular flexibility index (Phi) is 11.1. The van der Waals surface area contributed by atoms with E-state index in [1.807, 2.05) is 47.6 Å². The van der Waals surface area contributed by atoms with Crippen molar-refractivity contribution in [2.24, 2.45) is 4.99 Å². The highest BCUT2D eigenvalue weighted by Gasteiger charge is 2.15. The SMILES string of the molecule is CCNC(=NCc1cccc(COC(C)C)c1)NCCCNC(=O)OC(C)(C)C. The molecule has 0 atom stereocenters. The van der Waals surface area contributed by atoms with Gasteiger partial charge in [-0.25, -0.2) is 9.79 Å². The van der Waals surface area contributed by atoms with Gasteiger partial charge in [0.1, 0.15) is 5.60 Å². The summed E-state index contributed by atoms with van der Waals surface area (Å²) in [5.74, 6) is 0.758. The average Bonchev–Trinajstić information content (AvgIpc) is 2.63. The Morgan fingerprint density at radius 1 is 1.10 bits per heavy atom. The molecular formula is C22H38N4O3. The molecule has 0 heterocycles. The van der Waals surface area contributed by atoms with Crippen molar-refractivity contribution in [3.05, 3.63) is 35.4 Å². The largest absolute Gasteiger partial charge is 0.444 e. The first-order valence-corrected chi connectivity index (χ1v) is 10.4. The van der Waals surface area contributed by atoms with Crippen molar-refractivity contribution in [1.82, 2.24) is 16.0 Å². The van der Waals surface area contributed by atoms with Crippen LogP contribution in [0.15, 0.2) is 29.3 Å². The second kappa shape index (κ2) is 13.0. The van der Waals surface area contributed by atoms with Gasteiger partial charge in [0.15, 0.2) is 5.96 Å². The van der Waals surface area contributed by atoms with Crippen LogP contribution in [0.5, 0.6) is 0 Å². The molecule has 0 radical (unpaired) electrons. The molecule has 29 heavy (non-hydrogen) atoms. The number of benzene rings is 1. The summed E-state index contributed by atoms with van der Waals surface area (Å²) in [5.41, 5.74) is 1.81. The molecule has 164 valence electrons. The monoisotopic (exact) mass is 406 g/mol. The van der Waals surface area contributed by atoms with Crippen LogP contribution in [0.2, 0.25) is 0 Å². The fourth-order valence-electron chi connectivity index (χ4n) is 2.39. The zero-order valence-electron chi connectivity index (χ0n) is 18.8. The van der Waals surface area contributed by atoms with Gasteiger partial charge in [-0.3, -0.25) is 0 Å². The van der Waals surface area contributed by atoms with Gasteiger partial charge in [-0.2, -0.15) is 0 Å². The molecule has 0 aliphatic rings. The number of ether oxygens (including phenoxy) is 2.